The van der Waals surface area contributed by atoms with Gasteiger partial charge in [-0.1, -0.05) is 42.5 Å². The number of nitrogens with one attached hydrogen (secondary N) is 3. The Kier molecular flexibility index (Phi) is 9.32. The standard InChI is InChI=1S/C26H30FN7O2/c27-22-8-5-19(6-9-22)18-30-25-32-24(29-12-14-36-16-15-35-13-11-28)33-26(34-25)31-23-10-7-20-3-1-2-4-21(20)17-23/h1-10,17H,11-16,18,28H2,(H3,29,30,31,32,33,34). The summed E-state index contributed by atoms with van der Waals surface area (Å²) >= 11 is 0. The number of aromatic nitrogens is 3. The molecule has 0 fully saturated rings. The molecule has 0 amide bonds. The van der Waals surface area contributed by atoms with Gasteiger partial charge in [0.15, 0.2) is 0 Å². The SMILES string of the molecule is NCCOCCOCCNc1nc(NCc2ccc(F)cc2)nc(Nc2ccc3ccccc3c2)n1. The van der Waals surface area contributed by atoms with Gasteiger partial charge in [0.05, 0.1) is 26.4 Å². The topological polar surface area (TPSA) is 119 Å². The van der Waals surface area contributed by atoms with Crippen molar-refractivity contribution in [3.63, 3.8) is 0 Å². The van der Waals surface area contributed by atoms with Crippen LogP contribution in [0.3, 0.4) is 0 Å². The number of anilines is 4. The van der Waals surface area contributed by atoms with Crippen LogP contribution in [0.4, 0.5) is 27.9 Å². The second-order valence-corrected chi connectivity index (χ2v) is 7.91. The largest absolute Gasteiger partial charge is 0.378 e. The number of nitrogens with two attached hydrogens (primary N) is 1. The van der Waals surface area contributed by atoms with Crippen molar-refractivity contribution < 1.29 is 13.9 Å². The number of nitrogens with zero attached hydrogens (tertiary/aromatic N) is 3. The number of rotatable bonds is 14. The molecular formula is C26H30FN7O2. The van der Waals surface area contributed by atoms with Crippen LogP contribution in [0, 0.1) is 5.82 Å². The average Bonchev–Trinajstić information content (AvgIpc) is 2.90. The minimum Gasteiger partial charge on any atom is -0.378 e. The molecule has 0 aliphatic heterocycles. The fraction of sp³-hybridized carbons (Fsp3) is 0.269. The van der Waals surface area contributed by atoms with Crippen LogP contribution >= 0.6 is 0 Å². The maximum atomic E-state index is 13.2. The smallest absolute Gasteiger partial charge is 0.233 e. The Labute approximate surface area is 209 Å². The van der Waals surface area contributed by atoms with E-state index in [0.717, 1.165) is 22.0 Å². The van der Waals surface area contributed by atoms with Gasteiger partial charge in [-0.15, -0.1) is 0 Å². The Balaban J connectivity index is 1.42. The summed E-state index contributed by atoms with van der Waals surface area (Å²) in [5.74, 6) is 0.898. The molecule has 0 unspecified atom stereocenters. The molecule has 5 N–H and O–H groups in total. The second kappa shape index (κ2) is 13.3. The third-order valence-corrected chi connectivity index (χ3v) is 5.17. The predicted molar refractivity (Wildman–Crippen MR) is 140 cm³/mol. The Bertz CT molecular complexity index is 1240. The molecular weight excluding hydrogens is 461 g/mol. The van der Waals surface area contributed by atoms with Crippen LogP contribution in [-0.4, -0.2) is 54.5 Å². The van der Waals surface area contributed by atoms with E-state index in [-0.39, 0.29) is 5.82 Å². The molecule has 0 radical (unpaired) electrons. The molecule has 0 aliphatic rings. The first-order valence-corrected chi connectivity index (χ1v) is 11.8. The van der Waals surface area contributed by atoms with Crippen molar-refractivity contribution in [3.05, 3.63) is 78.1 Å². The number of hydrogen-bond donors (Lipinski definition) is 4. The van der Waals surface area contributed by atoms with Crippen molar-refractivity contribution in [3.8, 4) is 0 Å². The first kappa shape index (κ1) is 25.2. The van der Waals surface area contributed by atoms with Crippen LogP contribution in [-0.2, 0) is 16.0 Å². The molecule has 3 aromatic carbocycles. The van der Waals surface area contributed by atoms with Crippen molar-refractivity contribution in [1.82, 2.24) is 15.0 Å². The highest BCUT2D eigenvalue weighted by Gasteiger charge is 2.08. The van der Waals surface area contributed by atoms with E-state index in [2.05, 4.69) is 43.0 Å². The molecule has 9 nitrogen and oxygen atoms in total. The highest BCUT2D eigenvalue weighted by atomic mass is 19.1. The number of ether oxygens (including phenoxy) is 2. The molecule has 0 saturated carbocycles. The van der Waals surface area contributed by atoms with Crippen LogP contribution in [0.15, 0.2) is 66.7 Å². The zero-order valence-electron chi connectivity index (χ0n) is 19.9. The van der Waals surface area contributed by atoms with Gasteiger partial charge in [0.25, 0.3) is 0 Å². The molecule has 36 heavy (non-hydrogen) atoms. The van der Waals surface area contributed by atoms with Crippen LogP contribution in [0.2, 0.25) is 0 Å². The molecule has 0 bridgehead atoms. The van der Waals surface area contributed by atoms with Crippen molar-refractivity contribution in [1.29, 1.82) is 0 Å². The Morgan fingerprint density at radius 1 is 0.722 bits per heavy atom. The van der Waals surface area contributed by atoms with E-state index in [9.17, 15) is 4.39 Å². The quantitative estimate of drug-likeness (QED) is 0.195. The average molecular weight is 492 g/mol. The summed E-state index contributed by atoms with van der Waals surface area (Å²) in [6, 6.07) is 20.5. The monoisotopic (exact) mass is 491 g/mol. The van der Waals surface area contributed by atoms with E-state index in [1.165, 1.54) is 12.1 Å². The molecule has 4 aromatic rings. The Morgan fingerprint density at radius 2 is 1.42 bits per heavy atom. The van der Waals surface area contributed by atoms with Crippen LogP contribution in [0.5, 0.6) is 0 Å². The van der Waals surface area contributed by atoms with Gasteiger partial charge in [-0.05, 0) is 40.6 Å². The Hall–Kier alpha value is -3.86. The Morgan fingerprint density at radius 3 is 2.19 bits per heavy atom. The lowest BCUT2D eigenvalue weighted by molar-refractivity contribution is 0.0547. The lowest BCUT2D eigenvalue weighted by atomic mass is 10.1. The van der Waals surface area contributed by atoms with Gasteiger partial charge in [-0.3, -0.25) is 0 Å². The summed E-state index contributed by atoms with van der Waals surface area (Å²) in [6.07, 6.45) is 0. The van der Waals surface area contributed by atoms with Crippen molar-refractivity contribution >= 4 is 34.3 Å². The molecule has 1 heterocycles. The van der Waals surface area contributed by atoms with E-state index in [4.69, 9.17) is 15.2 Å². The summed E-state index contributed by atoms with van der Waals surface area (Å²) in [7, 11) is 0. The van der Waals surface area contributed by atoms with E-state index in [1.54, 1.807) is 12.1 Å². The molecule has 188 valence electrons. The summed E-state index contributed by atoms with van der Waals surface area (Å²) < 4.78 is 24.1. The van der Waals surface area contributed by atoms with Gasteiger partial charge < -0.3 is 31.2 Å². The van der Waals surface area contributed by atoms with Gasteiger partial charge in [-0.2, -0.15) is 15.0 Å². The number of halogens is 1. The van der Waals surface area contributed by atoms with E-state index in [1.807, 2.05) is 30.3 Å². The maximum Gasteiger partial charge on any atom is 0.233 e. The highest BCUT2D eigenvalue weighted by Crippen LogP contribution is 2.22. The zero-order chi connectivity index (χ0) is 25.0. The fourth-order valence-electron chi connectivity index (χ4n) is 3.41. The third kappa shape index (κ3) is 7.84. The molecule has 1 aromatic heterocycles. The van der Waals surface area contributed by atoms with Crippen molar-refractivity contribution in [2.45, 2.75) is 6.54 Å². The van der Waals surface area contributed by atoms with E-state index >= 15 is 0 Å². The normalized spacial score (nSPS) is 10.9. The molecule has 4 rings (SSSR count). The summed E-state index contributed by atoms with van der Waals surface area (Å²) in [4.78, 5) is 13.5. The minimum atomic E-state index is -0.277. The summed E-state index contributed by atoms with van der Waals surface area (Å²) in [5.41, 5.74) is 7.15. The predicted octanol–water partition coefficient (Wildman–Crippen LogP) is 3.92. The van der Waals surface area contributed by atoms with Crippen molar-refractivity contribution in [2.24, 2.45) is 5.73 Å². The first-order chi connectivity index (χ1) is 17.7. The minimum absolute atomic E-state index is 0.277. The van der Waals surface area contributed by atoms with Crippen LogP contribution in [0.1, 0.15) is 5.56 Å². The van der Waals surface area contributed by atoms with Gasteiger partial charge in [0, 0.05) is 25.3 Å². The molecule has 0 aliphatic carbocycles. The summed E-state index contributed by atoms with van der Waals surface area (Å²) in [6.45, 7) is 3.40. The van der Waals surface area contributed by atoms with Crippen LogP contribution in [0.25, 0.3) is 10.8 Å². The summed E-state index contributed by atoms with van der Waals surface area (Å²) in [5, 5.41) is 11.9. The van der Waals surface area contributed by atoms with E-state index in [0.29, 0.717) is 63.9 Å². The number of hydrogen-bond acceptors (Lipinski definition) is 9. The maximum absolute atomic E-state index is 13.2. The fourth-order valence-corrected chi connectivity index (χ4v) is 3.41. The first-order valence-electron chi connectivity index (χ1n) is 11.8. The van der Waals surface area contributed by atoms with Crippen molar-refractivity contribution in [2.75, 3.05) is 55.5 Å². The number of benzene rings is 3. The third-order valence-electron chi connectivity index (χ3n) is 5.17. The molecule has 10 heteroatoms. The van der Waals surface area contributed by atoms with Gasteiger partial charge >= 0.3 is 0 Å². The van der Waals surface area contributed by atoms with E-state index < -0.39 is 0 Å². The molecule has 0 saturated heterocycles. The van der Waals surface area contributed by atoms with Gasteiger partial charge in [-0.25, -0.2) is 4.39 Å². The zero-order valence-corrected chi connectivity index (χ0v) is 19.9. The van der Waals surface area contributed by atoms with Crippen LogP contribution < -0.4 is 21.7 Å². The lowest BCUT2D eigenvalue weighted by Crippen LogP contribution is -2.17. The molecule has 0 spiro atoms. The second-order valence-electron chi connectivity index (χ2n) is 7.91. The van der Waals surface area contributed by atoms with Gasteiger partial charge in [0.2, 0.25) is 17.8 Å². The molecule has 0 atom stereocenters. The number of fused-ring (bicyclic) bond motifs is 1. The lowest BCUT2D eigenvalue weighted by Gasteiger charge is -2.12. The highest BCUT2D eigenvalue weighted by molar-refractivity contribution is 5.86. The van der Waals surface area contributed by atoms with Gasteiger partial charge in [0.1, 0.15) is 5.82 Å².